The summed E-state index contributed by atoms with van der Waals surface area (Å²) in [4.78, 5) is 16.7. The van der Waals surface area contributed by atoms with Crippen molar-refractivity contribution in [3.05, 3.63) is 88.9 Å². The highest BCUT2D eigenvalue weighted by atomic mass is 35.5. The minimum absolute atomic E-state index is 0.180. The molecule has 1 unspecified atom stereocenters. The Hall–Kier alpha value is -2.84. The summed E-state index contributed by atoms with van der Waals surface area (Å²) >= 11 is 7.58. The van der Waals surface area contributed by atoms with Crippen molar-refractivity contribution in [1.82, 2.24) is 9.62 Å². The molecule has 0 bridgehead atoms. The van der Waals surface area contributed by atoms with Gasteiger partial charge in [-0.25, -0.2) is 4.72 Å². The zero-order valence-corrected chi connectivity index (χ0v) is 23.5. The number of piperidine rings is 1. The Morgan fingerprint density at radius 3 is 2.45 bits per heavy atom. The van der Waals surface area contributed by atoms with Crippen LogP contribution in [0.3, 0.4) is 0 Å². The summed E-state index contributed by atoms with van der Waals surface area (Å²) in [5.41, 5.74) is 14.8. The van der Waals surface area contributed by atoms with Crippen LogP contribution < -0.4 is 16.2 Å². The van der Waals surface area contributed by atoms with E-state index in [4.69, 9.17) is 22.7 Å². The Bertz CT molecular complexity index is 1170. The van der Waals surface area contributed by atoms with Gasteiger partial charge in [0, 0.05) is 23.0 Å². The summed E-state index contributed by atoms with van der Waals surface area (Å²) in [6.45, 7) is 4.44. The molecule has 0 radical (unpaired) electrons. The number of rotatable bonds is 9. The van der Waals surface area contributed by atoms with E-state index < -0.39 is 0 Å². The monoisotopic (exact) mass is 551 g/mol. The van der Waals surface area contributed by atoms with Gasteiger partial charge in [-0.1, -0.05) is 65.7 Å². The molecule has 3 aromatic carbocycles. The molecule has 1 aliphatic rings. The number of carbonyl (C=O) groups excluding carboxylic acids is 1. The molecular weight excluding hydrogens is 514 g/mol. The lowest BCUT2D eigenvalue weighted by molar-refractivity contribution is -0.134. The Morgan fingerprint density at radius 1 is 1.11 bits per heavy atom. The number of nitrogens with zero attached hydrogens (tertiary/aromatic N) is 1. The minimum Gasteiger partial charge on any atom is -0.390 e. The van der Waals surface area contributed by atoms with Crippen LogP contribution in [0.4, 0.5) is 0 Å². The number of hydrogen-bond acceptors (Lipinski definition) is 5. The molecule has 4 rings (SSSR count). The third-order valence-electron chi connectivity index (χ3n) is 6.65. The van der Waals surface area contributed by atoms with E-state index in [9.17, 15) is 4.79 Å². The fourth-order valence-corrected chi connectivity index (χ4v) is 5.59. The highest BCUT2D eigenvalue weighted by Gasteiger charge is 2.28. The van der Waals surface area contributed by atoms with Crippen molar-refractivity contribution >= 4 is 35.8 Å². The van der Waals surface area contributed by atoms with Crippen molar-refractivity contribution in [2.75, 3.05) is 19.6 Å². The molecule has 0 spiro atoms. The maximum Gasteiger partial charge on any atom is 0.240 e. The van der Waals surface area contributed by atoms with E-state index >= 15 is 0 Å². The van der Waals surface area contributed by atoms with Crippen molar-refractivity contribution in [2.24, 2.45) is 17.4 Å². The second kappa shape index (κ2) is 15.5. The highest BCUT2D eigenvalue weighted by Crippen LogP contribution is 2.27. The van der Waals surface area contributed by atoms with Crippen LogP contribution in [0.15, 0.2) is 77.7 Å². The van der Waals surface area contributed by atoms with Crippen LogP contribution in [0, 0.1) is 18.3 Å². The van der Waals surface area contributed by atoms with Crippen molar-refractivity contribution in [3.8, 4) is 11.1 Å². The van der Waals surface area contributed by atoms with Crippen LogP contribution >= 0.6 is 23.5 Å². The lowest BCUT2D eigenvalue weighted by atomic mass is 9.93. The number of amides is 1. The van der Waals surface area contributed by atoms with E-state index in [1.165, 1.54) is 23.1 Å². The van der Waals surface area contributed by atoms with E-state index in [0.717, 1.165) is 66.3 Å². The Labute approximate surface area is 235 Å². The van der Waals surface area contributed by atoms with Gasteiger partial charge in [-0.15, -0.1) is 0 Å². The first-order valence-corrected chi connectivity index (χ1v) is 14.2. The van der Waals surface area contributed by atoms with Crippen LogP contribution in [0.2, 0.25) is 5.02 Å². The van der Waals surface area contributed by atoms with E-state index in [2.05, 4.69) is 59.8 Å². The Balaban J connectivity index is 0.00000127. The number of nitrogens with two attached hydrogens (primary N) is 2. The Kier molecular flexibility index (Phi) is 12.2. The van der Waals surface area contributed by atoms with Gasteiger partial charge in [-0.3, -0.25) is 10.2 Å². The summed E-state index contributed by atoms with van der Waals surface area (Å²) < 4.78 is 3.51. The summed E-state index contributed by atoms with van der Waals surface area (Å²) in [5, 5.41) is 6.59. The third-order valence-corrected chi connectivity index (χ3v) is 7.80. The molecule has 0 aromatic heterocycles. The maximum absolute atomic E-state index is 13.6. The topological polar surface area (TPSA) is 108 Å². The molecule has 6 nitrogen and oxygen atoms in total. The fourth-order valence-electron chi connectivity index (χ4n) is 4.67. The first-order chi connectivity index (χ1) is 18.4. The summed E-state index contributed by atoms with van der Waals surface area (Å²) in [7, 11) is 0. The number of likely N-dealkylation sites (tertiary alicyclic amines) is 1. The number of halogens is 1. The quantitative estimate of drug-likeness (QED) is 0.156. The standard InChI is InChI=1S/C29H34ClN3OS.CH4N2/c1-21-4-2-5-23(18-21)19-28(29(34)33-16-13-22(12-15-31)14-17-33)32-35-27-7-3-6-25(20-27)24-8-10-26(30)11-9-24;2-1-3/h2-11,18,20,22,28,32H,12-17,19,31H2,1H3;1H,(H3,2,3). The molecule has 1 amide bonds. The lowest BCUT2D eigenvalue weighted by Crippen LogP contribution is -2.48. The van der Waals surface area contributed by atoms with Gasteiger partial charge in [0.1, 0.15) is 6.04 Å². The number of aryl methyl sites for hydroxylation is 1. The molecule has 1 atom stereocenters. The number of hydrogen-bond donors (Lipinski definition) is 4. The second-order valence-electron chi connectivity index (χ2n) is 9.51. The van der Waals surface area contributed by atoms with Gasteiger partial charge in [0.25, 0.3) is 0 Å². The normalized spacial score (nSPS) is 14.3. The van der Waals surface area contributed by atoms with E-state index in [-0.39, 0.29) is 11.9 Å². The number of nitrogens with one attached hydrogen (secondary N) is 2. The van der Waals surface area contributed by atoms with Gasteiger partial charge < -0.3 is 16.4 Å². The average molecular weight is 552 g/mol. The van der Waals surface area contributed by atoms with Crippen LogP contribution in [-0.2, 0) is 11.2 Å². The maximum atomic E-state index is 13.6. The molecule has 8 heteroatoms. The molecule has 202 valence electrons. The molecule has 1 saturated heterocycles. The van der Waals surface area contributed by atoms with E-state index in [0.29, 0.717) is 12.3 Å². The molecule has 1 fully saturated rings. The largest absolute Gasteiger partial charge is 0.390 e. The lowest BCUT2D eigenvalue weighted by Gasteiger charge is -2.34. The zero-order chi connectivity index (χ0) is 27.3. The second-order valence-corrected chi connectivity index (χ2v) is 10.9. The molecular formula is C30H38ClN5OS. The summed E-state index contributed by atoms with van der Waals surface area (Å²) in [6.07, 6.45) is 4.53. The summed E-state index contributed by atoms with van der Waals surface area (Å²) in [6, 6.07) is 24.3. The molecule has 0 aliphatic carbocycles. The van der Waals surface area contributed by atoms with Gasteiger partial charge in [-0.2, -0.15) is 0 Å². The SMILES string of the molecule is Cc1cccc(CC(NSc2cccc(-c3ccc(Cl)cc3)c2)C(=O)N2CCC(CCN)CC2)c1.N=CN. The molecule has 38 heavy (non-hydrogen) atoms. The third kappa shape index (κ3) is 9.17. The van der Waals surface area contributed by atoms with Crippen LogP contribution in [0.25, 0.3) is 11.1 Å². The van der Waals surface area contributed by atoms with E-state index in [1.54, 1.807) is 0 Å². The summed E-state index contributed by atoms with van der Waals surface area (Å²) in [5.74, 6) is 0.816. The van der Waals surface area contributed by atoms with Crippen LogP contribution in [0.1, 0.15) is 30.4 Å². The van der Waals surface area contributed by atoms with E-state index in [1.807, 2.05) is 35.2 Å². The van der Waals surface area contributed by atoms with Crippen molar-refractivity contribution in [1.29, 1.82) is 5.41 Å². The first kappa shape index (κ1) is 29.7. The number of carbonyl (C=O) groups is 1. The van der Waals surface area contributed by atoms with Crippen LogP contribution in [0.5, 0.6) is 0 Å². The molecule has 0 saturated carbocycles. The Morgan fingerprint density at radius 2 is 1.79 bits per heavy atom. The highest BCUT2D eigenvalue weighted by molar-refractivity contribution is 7.97. The fraction of sp³-hybridized carbons (Fsp3) is 0.333. The van der Waals surface area contributed by atoms with Gasteiger partial charge in [0.2, 0.25) is 5.91 Å². The predicted octanol–water partition coefficient (Wildman–Crippen LogP) is 5.66. The van der Waals surface area contributed by atoms with Crippen LogP contribution in [-0.4, -0.2) is 42.8 Å². The molecule has 1 heterocycles. The predicted molar refractivity (Wildman–Crippen MR) is 160 cm³/mol. The average Bonchev–Trinajstić information content (AvgIpc) is 2.92. The molecule has 3 aromatic rings. The van der Waals surface area contributed by atoms with Gasteiger partial charge >= 0.3 is 0 Å². The molecule has 1 aliphatic heterocycles. The zero-order valence-electron chi connectivity index (χ0n) is 21.9. The van der Waals surface area contributed by atoms with Gasteiger partial charge in [0.15, 0.2) is 0 Å². The smallest absolute Gasteiger partial charge is 0.240 e. The van der Waals surface area contributed by atoms with Gasteiger partial charge in [-0.05, 0) is 98.0 Å². The molecule has 6 N–H and O–H groups in total. The van der Waals surface area contributed by atoms with Crippen molar-refractivity contribution < 1.29 is 4.79 Å². The minimum atomic E-state index is -0.299. The van der Waals surface area contributed by atoms with Crippen molar-refractivity contribution in [2.45, 2.75) is 43.5 Å². The number of benzene rings is 3. The van der Waals surface area contributed by atoms with Crippen molar-refractivity contribution in [3.63, 3.8) is 0 Å². The first-order valence-electron chi connectivity index (χ1n) is 13.0. The van der Waals surface area contributed by atoms with Gasteiger partial charge in [0.05, 0.1) is 6.34 Å².